The lowest BCUT2D eigenvalue weighted by molar-refractivity contribution is -0.149. The van der Waals surface area contributed by atoms with Crippen LogP contribution in [0.15, 0.2) is 0 Å². The lowest BCUT2D eigenvalue weighted by Crippen LogP contribution is -2.49. The summed E-state index contributed by atoms with van der Waals surface area (Å²) in [4.78, 5) is 10.8. The summed E-state index contributed by atoms with van der Waals surface area (Å²) in [5.41, 5.74) is 0. The van der Waals surface area contributed by atoms with Gasteiger partial charge < -0.3 is 30.6 Å². The first kappa shape index (κ1) is 9.97. The van der Waals surface area contributed by atoms with Crippen LogP contribution in [0.1, 0.15) is 2.74 Å². The minimum Gasteiger partial charge on any atom is -0.394 e. The predicted molar refractivity (Wildman–Crippen MR) is 43.2 cm³/mol. The van der Waals surface area contributed by atoms with Crippen LogP contribution >= 0.6 is 0 Å². The Balaban J connectivity index is 4.54. The van der Waals surface area contributed by atoms with Crippen LogP contribution < -0.4 is 0 Å². The molecule has 0 aliphatic carbocycles. The average Bonchev–Trinajstić information content (AvgIpc) is 2.23. The SMILES string of the molecule is [2H]C(O)C(=O)[C@@H](O)[C@H](O)[C@H](O)[C@H](O)C([2H])O. The number of carbonyl (C=O) groups excluding carboxylic acids is 1. The van der Waals surface area contributed by atoms with E-state index >= 15 is 0 Å². The molecule has 0 radical (unpaired) electrons. The van der Waals surface area contributed by atoms with E-state index in [1.807, 2.05) is 0 Å². The predicted octanol–water partition coefficient (Wildman–Crippen LogP) is -4.02. The maximum Gasteiger partial charge on any atom is 0.189 e. The third-order valence-electron chi connectivity index (χ3n) is 1.59. The van der Waals surface area contributed by atoms with E-state index in [1.165, 1.54) is 0 Å². The summed E-state index contributed by atoms with van der Waals surface area (Å²) < 4.78 is 13.2. The van der Waals surface area contributed by atoms with Crippen molar-refractivity contribution in [2.24, 2.45) is 0 Å². The average molecular weight is 212 g/mol. The zero-order valence-electron chi connectivity index (χ0n) is 9.06. The number of ketones is 1. The van der Waals surface area contributed by atoms with Crippen LogP contribution in [0.5, 0.6) is 0 Å². The molecule has 14 heavy (non-hydrogen) atoms. The van der Waals surface area contributed by atoms with Crippen LogP contribution in [-0.4, -0.2) is 74.0 Å². The quantitative estimate of drug-likeness (QED) is 0.263. The van der Waals surface area contributed by atoms with E-state index in [-0.39, 0.29) is 0 Å². The maximum absolute atomic E-state index is 10.8. The third-order valence-corrected chi connectivity index (χ3v) is 1.59. The van der Waals surface area contributed by atoms with E-state index in [2.05, 4.69) is 0 Å². The van der Waals surface area contributed by atoms with Crippen LogP contribution in [0.4, 0.5) is 0 Å². The lowest BCUT2D eigenvalue weighted by Gasteiger charge is -2.24. The molecule has 6 N–H and O–H groups in total. The van der Waals surface area contributed by atoms with Gasteiger partial charge >= 0.3 is 0 Å². The summed E-state index contributed by atoms with van der Waals surface area (Å²) in [6.07, 6.45) is -8.77. The van der Waals surface area contributed by atoms with E-state index in [4.69, 9.17) is 33.4 Å². The van der Waals surface area contributed by atoms with Gasteiger partial charge in [-0.15, -0.1) is 0 Å². The van der Waals surface area contributed by atoms with Gasteiger partial charge in [0.15, 0.2) is 5.78 Å². The normalized spacial score (nSPS) is 26.4. The first-order valence-corrected chi connectivity index (χ1v) is 3.66. The fourth-order valence-electron chi connectivity index (χ4n) is 0.722. The largest absolute Gasteiger partial charge is 0.394 e. The number of aliphatic hydroxyl groups excluding tert-OH is 6. The Labute approximate surface area is 82.7 Å². The van der Waals surface area contributed by atoms with Gasteiger partial charge in [0.25, 0.3) is 0 Å². The second-order valence-corrected chi connectivity index (χ2v) is 2.60. The highest BCUT2D eigenvalue weighted by atomic mass is 16.4. The maximum atomic E-state index is 10.8. The van der Waals surface area contributed by atoms with Crippen LogP contribution in [0, 0.1) is 0 Å². The number of aliphatic hydroxyl groups is 6. The Bertz CT molecular complexity index is 235. The molecule has 0 aliphatic heterocycles. The molecule has 0 heterocycles. The van der Waals surface area contributed by atoms with Crippen LogP contribution in [-0.2, 0) is 4.79 Å². The summed E-state index contributed by atoms with van der Waals surface area (Å²) in [5, 5.41) is 53.3. The van der Waals surface area contributed by atoms with E-state index < -0.39 is 43.4 Å². The van der Waals surface area contributed by atoms with Gasteiger partial charge in [0.1, 0.15) is 31.0 Å². The molecule has 0 amide bonds. The summed E-state index contributed by atoms with van der Waals surface area (Å²) in [7, 11) is 0. The zero-order chi connectivity index (χ0) is 13.0. The van der Waals surface area contributed by atoms with Crippen molar-refractivity contribution in [2.45, 2.75) is 24.4 Å². The molecule has 0 fully saturated rings. The van der Waals surface area contributed by atoms with Crippen molar-refractivity contribution < 1.29 is 38.2 Å². The van der Waals surface area contributed by atoms with Gasteiger partial charge in [-0.25, -0.2) is 0 Å². The smallest absolute Gasteiger partial charge is 0.189 e. The number of Topliss-reactive ketones (excluding diaryl/α,β-unsaturated/α-hetero) is 1. The molecule has 0 aromatic rings. The molecule has 84 valence electrons. The molecule has 0 saturated carbocycles. The van der Waals surface area contributed by atoms with Crippen LogP contribution in [0.3, 0.4) is 0 Å². The standard InChI is InChI=1S/C7H14O7/c8-1-3(10)5(12)7(14)6(13)4(11)2-9/h3,5-10,12-14H,1-2H2/t3-,5-,6-,7-/m1/s1/i1D,2D/t1?,2?,3-,5-,6-,7-. The molecule has 0 aromatic heterocycles. The zero-order valence-corrected chi connectivity index (χ0v) is 7.06. The molecule has 7 heteroatoms. The van der Waals surface area contributed by atoms with Gasteiger partial charge in [-0.05, 0) is 0 Å². The van der Waals surface area contributed by atoms with E-state index in [1.54, 1.807) is 0 Å². The first-order valence-electron chi connectivity index (χ1n) is 4.82. The van der Waals surface area contributed by atoms with E-state index in [0.29, 0.717) is 0 Å². The molecular weight excluding hydrogens is 196 g/mol. The molecule has 0 spiro atoms. The van der Waals surface area contributed by atoms with Gasteiger partial charge in [0.05, 0.1) is 9.32 Å². The minimum atomic E-state index is -2.30. The number of hydrogen-bond acceptors (Lipinski definition) is 7. The Morgan fingerprint density at radius 3 is 2.00 bits per heavy atom. The molecule has 2 unspecified atom stereocenters. The highest BCUT2D eigenvalue weighted by Gasteiger charge is 2.33. The summed E-state index contributed by atoms with van der Waals surface area (Å²) in [5.74, 6) is -1.47. The van der Waals surface area contributed by atoms with E-state index in [9.17, 15) is 4.79 Å². The second kappa shape index (κ2) is 6.02. The van der Waals surface area contributed by atoms with Gasteiger partial charge in [-0.2, -0.15) is 0 Å². The third kappa shape index (κ3) is 3.29. The Hall–Kier alpha value is -0.570. The van der Waals surface area contributed by atoms with Crippen molar-refractivity contribution in [2.75, 3.05) is 13.2 Å². The monoisotopic (exact) mass is 212 g/mol. The van der Waals surface area contributed by atoms with Crippen molar-refractivity contribution in [3.8, 4) is 0 Å². The van der Waals surface area contributed by atoms with Crippen molar-refractivity contribution in [1.82, 2.24) is 0 Å². The van der Waals surface area contributed by atoms with Gasteiger partial charge in [-0.1, -0.05) is 0 Å². The molecule has 0 bridgehead atoms. The van der Waals surface area contributed by atoms with Crippen molar-refractivity contribution in [1.29, 1.82) is 0 Å². The highest BCUT2D eigenvalue weighted by molar-refractivity contribution is 5.84. The fraction of sp³-hybridized carbons (Fsp3) is 0.857. The summed E-state index contributed by atoms with van der Waals surface area (Å²) >= 11 is 0. The molecule has 7 nitrogen and oxygen atoms in total. The molecule has 6 atom stereocenters. The van der Waals surface area contributed by atoms with Crippen molar-refractivity contribution in [3.05, 3.63) is 0 Å². The van der Waals surface area contributed by atoms with Crippen LogP contribution in [0.2, 0.25) is 0 Å². The van der Waals surface area contributed by atoms with Gasteiger partial charge in [0, 0.05) is 0 Å². The number of rotatable bonds is 6. The Kier molecular flexibility index (Phi) is 4.28. The topological polar surface area (TPSA) is 138 Å². The van der Waals surface area contributed by atoms with E-state index in [0.717, 1.165) is 0 Å². The number of carbonyl (C=O) groups is 1. The molecule has 0 aliphatic rings. The number of hydrogen-bond donors (Lipinski definition) is 6. The van der Waals surface area contributed by atoms with Gasteiger partial charge in [0.2, 0.25) is 0 Å². The van der Waals surface area contributed by atoms with Crippen molar-refractivity contribution >= 4 is 5.78 Å². The van der Waals surface area contributed by atoms with Crippen molar-refractivity contribution in [3.63, 3.8) is 0 Å². The minimum absolute atomic E-state index is 1.47. The first-order chi connectivity index (χ1) is 7.20. The second-order valence-electron chi connectivity index (χ2n) is 2.60. The summed E-state index contributed by atoms with van der Waals surface area (Å²) in [6.45, 7) is -4.43. The Morgan fingerprint density at radius 2 is 1.64 bits per heavy atom. The van der Waals surface area contributed by atoms with Gasteiger partial charge in [-0.3, -0.25) is 4.79 Å². The molecule has 0 saturated heterocycles. The summed E-state index contributed by atoms with van der Waals surface area (Å²) in [6, 6.07) is 0. The molecular formula is C7H14O7. The lowest BCUT2D eigenvalue weighted by atomic mass is 10.0. The van der Waals surface area contributed by atoms with Crippen LogP contribution in [0.25, 0.3) is 0 Å². The Morgan fingerprint density at radius 1 is 1.14 bits per heavy atom. The molecule has 0 aromatic carbocycles. The highest BCUT2D eigenvalue weighted by Crippen LogP contribution is 2.05. The fourth-order valence-corrected chi connectivity index (χ4v) is 0.722. The molecule has 0 rings (SSSR count).